The van der Waals surface area contributed by atoms with Gasteiger partial charge in [-0.15, -0.1) is 26.3 Å². The molecule has 0 aliphatic carbocycles. The number of hydrogen-bond acceptors (Lipinski definition) is 9. The molecule has 3 fully saturated rings. The maximum Gasteiger partial charge on any atom is 1.00 e. The number of cyclic esters (lactones) is 2. The molecular weight excluding hydrogens is 430 g/mol. The Labute approximate surface area is 224 Å². The first-order valence-corrected chi connectivity index (χ1v) is 8.49. The van der Waals surface area contributed by atoms with Gasteiger partial charge in [0.15, 0.2) is 0 Å². The van der Waals surface area contributed by atoms with Crippen molar-refractivity contribution >= 4 is 24.2 Å². The fraction of sp³-hybridized carbons (Fsp3) is 0.400. The zero-order valence-corrected chi connectivity index (χ0v) is 21.5. The van der Waals surface area contributed by atoms with Gasteiger partial charge in [0.05, 0.1) is 24.4 Å². The van der Waals surface area contributed by atoms with E-state index in [-0.39, 0.29) is 64.6 Å². The summed E-state index contributed by atoms with van der Waals surface area (Å²) < 4.78 is 15.2. The van der Waals surface area contributed by atoms with E-state index < -0.39 is 66.0 Å². The zero-order chi connectivity index (χ0) is 21.0. The van der Waals surface area contributed by atoms with E-state index in [1.54, 1.807) is 6.29 Å². The molecule has 0 radical (unpaired) electrons. The van der Waals surface area contributed by atoms with Crippen molar-refractivity contribution in [3.05, 3.63) is 50.6 Å². The molecule has 8 unspecified atom stereocenters. The van der Waals surface area contributed by atoms with Crippen LogP contribution in [0.25, 0.3) is 0 Å². The molecule has 8 atom stereocenters. The van der Waals surface area contributed by atoms with Gasteiger partial charge >= 0.3 is 71.1 Å². The van der Waals surface area contributed by atoms with Crippen LogP contribution in [0.1, 0.15) is 0 Å². The molecular formula is C20H21Na2O9-. The predicted molar refractivity (Wildman–Crippen MR) is 95.8 cm³/mol. The molecule has 0 saturated carbocycles. The molecule has 3 heterocycles. The predicted octanol–water partition coefficient (Wildman–Crippen LogP) is -6.51. The van der Waals surface area contributed by atoms with Crippen LogP contribution >= 0.6 is 0 Å². The third-order valence-corrected chi connectivity index (χ3v) is 4.90. The minimum absolute atomic E-state index is 0. The normalized spacial score (nSPS) is 34.7. The van der Waals surface area contributed by atoms with Crippen molar-refractivity contribution in [1.82, 2.24) is 0 Å². The van der Waals surface area contributed by atoms with Gasteiger partial charge in [0.25, 0.3) is 0 Å². The molecule has 31 heavy (non-hydrogen) atoms. The van der Waals surface area contributed by atoms with Gasteiger partial charge in [-0.2, -0.15) is 0 Å². The summed E-state index contributed by atoms with van der Waals surface area (Å²) >= 11 is 0. The number of carboxylic acid groups (broad SMARTS) is 1. The Kier molecular flexibility index (Phi) is 14.9. The number of esters is 2. The van der Waals surface area contributed by atoms with Crippen LogP contribution in [-0.2, 0) is 33.4 Å². The monoisotopic (exact) mass is 451 g/mol. The quantitative estimate of drug-likeness (QED) is 0.126. The van der Waals surface area contributed by atoms with Crippen molar-refractivity contribution in [3.8, 4) is 0 Å². The van der Waals surface area contributed by atoms with Gasteiger partial charge in [0.2, 0.25) is 0 Å². The summed E-state index contributed by atoms with van der Waals surface area (Å²) in [5.41, 5.74) is 0. The third kappa shape index (κ3) is 6.56. The fourth-order valence-corrected chi connectivity index (χ4v) is 3.55. The molecule has 3 aliphatic heterocycles. The van der Waals surface area contributed by atoms with Gasteiger partial charge < -0.3 is 34.4 Å². The van der Waals surface area contributed by atoms with E-state index in [1.165, 1.54) is 24.3 Å². The van der Waals surface area contributed by atoms with E-state index in [0.717, 1.165) is 0 Å². The second-order valence-electron chi connectivity index (χ2n) is 6.35. The molecule has 0 aromatic carbocycles. The number of aliphatic carboxylic acids is 1. The van der Waals surface area contributed by atoms with Crippen molar-refractivity contribution in [1.29, 1.82) is 0 Å². The molecule has 158 valence electrons. The first-order valence-electron chi connectivity index (χ1n) is 8.49. The van der Waals surface area contributed by atoms with Gasteiger partial charge in [0.1, 0.15) is 11.8 Å². The van der Waals surface area contributed by atoms with Crippen molar-refractivity contribution in [2.45, 2.75) is 24.4 Å². The summed E-state index contributed by atoms with van der Waals surface area (Å²) in [5.74, 6) is -5.32. The first-order chi connectivity index (χ1) is 13.3. The maximum absolute atomic E-state index is 11.3. The Morgan fingerprint density at radius 1 is 0.839 bits per heavy atom. The molecule has 3 aliphatic rings. The van der Waals surface area contributed by atoms with Gasteiger partial charge in [-0.1, -0.05) is 30.2 Å². The van der Waals surface area contributed by atoms with E-state index in [9.17, 15) is 24.3 Å². The van der Waals surface area contributed by atoms with E-state index >= 15 is 0 Å². The Bertz CT molecular complexity index is 677. The largest absolute Gasteiger partial charge is 1.00 e. The summed E-state index contributed by atoms with van der Waals surface area (Å²) in [4.78, 5) is 43.9. The number of hydrogen-bond donors (Lipinski definition) is 0. The number of rotatable bonds is 6. The van der Waals surface area contributed by atoms with Crippen LogP contribution in [0.15, 0.2) is 50.6 Å². The summed E-state index contributed by atoms with van der Waals surface area (Å²) in [6.45, 7) is 14.0. The van der Waals surface area contributed by atoms with Crippen LogP contribution in [0.2, 0.25) is 0 Å². The van der Waals surface area contributed by atoms with E-state index in [0.29, 0.717) is 0 Å². The molecule has 0 aromatic rings. The second-order valence-corrected chi connectivity index (χ2v) is 6.35. The third-order valence-electron chi connectivity index (χ3n) is 4.90. The molecule has 0 amide bonds. The Hall–Kier alpha value is -0.880. The smallest absolute Gasteiger partial charge is 0.870 e. The summed E-state index contributed by atoms with van der Waals surface area (Å²) in [6.07, 6.45) is 5.18. The SMILES string of the molecule is C=CC1OC(C=C)C(C(=O)[O-])C1[C-]=O.C=CC1OC(C=C)C2C(=O)OC(=O)C12.[Na+].[Na+].[OH-]. The standard InChI is InChI=1S/C10H10O4.C10H11O4.2Na.H2O/c1-3-5-7-8(6(4-2)13-5)10(12)14-9(7)11;1-3-7-6(5-11)9(10(12)13)8(4-2)14-7;;;/h3-8H,1-2H2;3-4,6-9H,1-2H2,(H,12,13);;;1H2/q;-1;2*+1;/p-2. The second kappa shape index (κ2) is 14.3. The van der Waals surface area contributed by atoms with Crippen molar-refractivity contribution < 1.29 is 103 Å². The first kappa shape index (κ1) is 32.3. The van der Waals surface area contributed by atoms with Crippen molar-refractivity contribution in [2.24, 2.45) is 23.7 Å². The molecule has 9 nitrogen and oxygen atoms in total. The number of ether oxygens (including phenoxy) is 3. The molecule has 11 heteroatoms. The van der Waals surface area contributed by atoms with Crippen molar-refractivity contribution in [3.63, 3.8) is 0 Å². The van der Waals surface area contributed by atoms with E-state index in [2.05, 4.69) is 31.1 Å². The maximum atomic E-state index is 11.3. The Balaban J connectivity index is 0. The van der Waals surface area contributed by atoms with Crippen molar-refractivity contribution in [2.75, 3.05) is 0 Å². The van der Waals surface area contributed by atoms with Gasteiger partial charge in [-0.05, 0) is 0 Å². The topological polar surface area (TPSA) is 149 Å². The average molecular weight is 451 g/mol. The summed E-state index contributed by atoms with van der Waals surface area (Å²) in [6, 6.07) is 0. The van der Waals surface area contributed by atoms with Gasteiger partial charge in [-0.3, -0.25) is 15.9 Å². The average Bonchev–Trinajstić information content (AvgIpc) is 3.33. The van der Waals surface area contributed by atoms with Crippen LogP contribution in [0, 0.1) is 23.7 Å². The van der Waals surface area contributed by atoms with E-state index in [1.807, 2.05) is 0 Å². The van der Waals surface area contributed by atoms with Crippen LogP contribution in [0.5, 0.6) is 0 Å². The Morgan fingerprint density at radius 2 is 1.23 bits per heavy atom. The molecule has 0 spiro atoms. The minimum Gasteiger partial charge on any atom is -0.870 e. The fourth-order valence-electron chi connectivity index (χ4n) is 3.55. The summed E-state index contributed by atoms with van der Waals surface area (Å²) in [5, 5.41) is 10.7. The van der Waals surface area contributed by atoms with Crippen LogP contribution in [-0.4, -0.2) is 54.1 Å². The number of carbonyl (C=O) groups is 3. The van der Waals surface area contributed by atoms with Crippen LogP contribution < -0.4 is 64.2 Å². The van der Waals surface area contributed by atoms with E-state index in [4.69, 9.17) is 9.47 Å². The summed E-state index contributed by atoms with van der Waals surface area (Å²) in [7, 11) is 0. The number of carbonyl (C=O) groups excluding carboxylic acids is 4. The van der Waals surface area contributed by atoms with Gasteiger partial charge in [0, 0.05) is 11.9 Å². The molecule has 3 rings (SSSR count). The van der Waals surface area contributed by atoms with Crippen LogP contribution in [0.3, 0.4) is 0 Å². The Morgan fingerprint density at radius 3 is 1.55 bits per heavy atom. The number of fused-ring (bicyclic) bond motifs is 1. The molecule has 1 N–H and O–H groups in total. The zero-order valence-electron chi connectivity index (χ0n) is 17.5. The number of carboxylic acids is 1. The molecule has 0 bridgehead atoms. The van der Waals surface area contributed by atoms with Gasteiger partial charge in [-0.25, -0.2) is 0 Å². The molecule has 0 aromatic heterocycles. The van der Waals surface area contributed by atoms with Crippen LogP contribution in [0.4, 0.5) is 0 Å². The minimum atomic E-state index is -1.33. The molecule has 3 saturated heterocycles.